The predicted molar refractivity (Wildman–Crippen MR) is 133 cm³/mol. The Hall–Kier alpha value is -2.18. The number of fused-ring (bicyclic) bond motifs is 2. The lowest BCUT2D eigenvalue weighted by Crippen LogP contribution is -2.47. The minimum atomic E-state index is -5.08. The van der Waals surface area contributed by atoms with Crippen LogP contribution in [0.15, 0.2) is 24.3 Å². The molecule has 2 unspecified atom stereocenters. The lowest BCUT2D eigenvalue weighted by atomic mass is 9.84. The van der Waals surface area contributed by atoms with Gasteiger partial charge in [0.05, 0.1) is 6.26 Å². The van der Waals surface area contributed by atoms with Crippen LogP contribution in [-0.4, -0.2) is 78.8 Å². The molecule has 1 aromatic rings. The van der Waals surface area contributed by atoms with Gasteiger partial charge in [0.2, 0.25) is 15.9 Å². The van der Waals surface area contributed by atoms with Gasteiger partial charge in [0.15, 0.2) is 0 Å². The minimum Gasteiger partial charge on any atom is -0.475 e. The monoisotopic (exact) mass is 547 g/mol. The molecule has 1 aliphatic carbocycles. The van der Waals surface area contributed by atoms with E-state index in [0.29, 0.717) is 42.6 Å². The van der Waals surface area contributed by atoms with Crippen molar-refractivity contribution in [2.75, 3.05) is 25.9 Å². The van der Waals surface area contributed by atoms with Gasteiger partial charge in [-0.05, 0) is 68.1 Å². The molecule has 2 aliphatic heterocycles. The first-order valence-corrected chi connectivity index (χ1v) is 14.5. The summed E-state index contributed by atoms with van der Waals surface area (Å²) in [5.41, 5.74) is 7.25. The Kier molecular flexibility index (Phi) is 9.62. The van der Waals surface area contributed by atoms with Gasteiger partial charge in [-0.15, -0.1) is 0 Å². The van der Waals surface area contributed by atoms with E-state index in [9.17, 15) is 26.4 Å². The largest absolute Gasteiger partial charge is 0.490 e. The zero-order chi connectivity index (χ0) is 27.4. The number of alkyl halides is 3. The number of hydrogen-bond donors (Lipinski definition) is 2. The third kappa shape index (κ3) is 8.15. The van der Waals surface area contributed by atoms with Crippen LogP contribution in [0.1, 0.15) is 73.2 Å². The Morgan fingerprint density at radius 3 is 2.16 bits per heavy atom. The van der Waals surface area contributed by atoms with E-state index in [1.54, 1.807) is 10.4 Å². The average molecular weight is 548 g/mol. The third-order valence-corrected chi connectivity index (χ3v) is 9.05. The van der Waals surface area contributed by atoms with Gasteiger partial charge in [0.25, 0.3) is 0 Å². The molecule has 12 heteroatoms. The van der Waals surface area contributed by atoms with E-state index in [2.05, 4.69) is 11.0 Å². The lowest BCUT2D eigenvalue weighted by molar-refractivity contribution is -0.192. The predicted octanol–water partition coefficient (Wildman–Crippen LogP) is 3.58. The number of nitrogens with zero attached hydrogens (tertiary/aromatic N) is 2. The van der Waals surface area contributed by atoms with Crippen molar-refractivity contribution in [2.45, 2.75) is 75.5 Å². The Bertz CT molecular complexity index is 1050. The van der Waals surface area contributed by atoms with Crippen molar-refractivity contribution in [3.05, 3.63) is 35.4 Å². The van der Waals surface area contributed by atoms with Gasteiger partial charge in [-0.25, -0.2) is 17.5 Å². The third-order valence-electron chi connectivity index (χ3n) is 7.78. The fraction of sp³-hybridized carbons (Fsp3) is 0.680. The summed E-state index contributed by atoms with van der Waals surface area (Å²) in [6.07, 6.45) is 5.55. The number of hydrogen-bond acceptors (Lipinski definition) is 5. The Morgan fingerprint density at radius 1 is 1.11 bits per heavy atom. The second kappa shape index (κ2) is 12.1. The number of sulfonamides is 1. The summed E-state index contributed by atoms with van der Waals surface area (Å²) < 4.78 is 58.2. The summed E-state index contributed by atoms with van der Waals surface area (Å²) >= 11 is 0. The minimum absolute atomic E-state index is 0.375. The fourth-order valence-electron chi connectivity index (χ4n) is 5.96. The van der Waals surface area contributed by atoms with E-state index in [1.807, 2.05) is 12.1 Å². The van der Waals surface area contributed by atoms with E-state index in [-0.39, 0.29) is 5.91 Å². The molecule has 1 aromatic carbocycles. The molecule has 2 saturated heterocycles. The molecule has 2 bridgehead atoms. The SMILES string of the molecule is CS(=O)(=O)N(CCN1C2CCC1CC(c1cccc(C(N)=O)c1)C2)CC1CCCC1.O=C(O)C(F)(F)F. The summed E-state index contributed by atoms with van der Waals surface area (Å²) in [5, 5.41) is 7.12. The summed E-state index contributed by atoms with van der Waals surface area (Å²) in [6, 6.07) is 8.77. The van der Waals surface area contributed by atoms with Crippen molar-refractivity contribution in [1.82, 2.24) is 9.21 Å². The maximum absolute atomic E-state index is 12.4. The van der Waals surface area contributed by atoms with Crippen molar-refractivity contribution in [3.63, 3.8) is 0 Å². The summed E-state index contributed by atoms with van der Waals surface area (Å²) in [4.78, 5) is 23.0. The Balaban J connectivity index is 0.000000479. The van der Waals surface area contributed by atoms with Crippen LogP contribution in [0, 0.1) is 5.92 Å². The molecule has 0 aromatic heterocycles. The molecule has 2 heterocycles. The number of amides is 1. The number of aliphatic carboxylic acids is 1. The standard InChI is InChI=1S/C23H35N3O3S.C2HF3O2/c1-30(28,29)25(16-17-5-2-3-6-17)11-12-26-21-9-10-22(26)15-20(14-21)18-7-4-8-19(13-18)23(24)27;3-2(4,5)1(6)7/h4,7-8,13,17,20-22H,2-3,5-6,9-12,14-16H2,1H3,(H2,24,27);(H,6,7). The van der Waals surface area contributed by atoms with Gasteiger partial charge in [-0.1, -0.05) is 25.0 Å². The first-order chi connectivity index (χ1) is 17.3. The zero-order valence-corrected chi connectivity index (χ0v) is 21.8. The molecule has 1 saturated carbocycles. The molecule has 3 aliphatic rings. The van der Waals surface area contributed by atoms with Crippen molar-refractivity contribution in [2.24, 2.45) is 11.7 Å². The van der Waals surface area contributed by atoms with Crippen LogP contribution in [0.4, 0.5) is 13.2 Å². The van der Waals surface area contributed by atoms with Gasteiger partial charge in [-0.3, -0.25) is 9.69 Å². The van der Waals surface area contributed by atoms with Crippen LogP contribution >= 0.6 is 0 Å². The summed E-state index contributed by atoms with van der Waals surface area (Å²) in [5.74, 6) is -2.16. The van der Waals surface area contributed by atoms with Crippen LogP contribution in [-0.2, 0) is 14.8 Å². The molecule has 0 radical (unpaired) electrons. The zero-order valence-electron chi connectivity index (χ0n) is 21.0. The highest BCUT2D eigenvalue weighted by Crippen LogP contribution is 2.43. The van der Waals surface area contributed by atoms with E-state index < -0.39 is 22.2 Å². The van der Waals surface area contributed by atoms with Crippen molar-refractivity contribution in [3.8, 4) is 0 Å². The average Bonchev–Trinajstić information content (AvgIpc) is 3.40. The van der Waals surface area contributed by atoms with Crippen molar-refractivity contribution >= 4 is 21.9 Å². The molecule has 8 nitrogen and oxygen atoms in total. The highest BCUT2D eigenvalue weighted by atomic mass is 32.2. The molecule has 208 valence electrons. The number of carboxylic acid groups (broad SMARTS) is 1. The number of carbonyl (C=O) groups excluding carboxylic acids is 1. The van der Waals surface area contributed by atoms with Crippen LogP contribution in [0.5, 0.6) is 0 Å². The molecule has 4 rings (SSSR count). The lowest BCUT2D eigenvalue weighted by Gasteiger charge is -2.40. The van der Waals surface area contributed by atoms with E-state index in [4.69, 9.17) is 15.6 Å². The van der Waals surface area contributed by atoms with E-state index in [1.165, 1.54) is 37.5 Å². The van der Waals surface area contributed by atoms with Crippen LogP contribution in [0.3, 0.4) is 0 Å². The number of carbonyl (C=O) groups is 2. The normalized spacial score (nSPS) is 24.6. The maximum atomic E-state index is 12.4. The number of halogens is 3. The van der Waals surface area contributed by atoms with Gasteiger partial charge in [0.1, 0.15) is 0 Å². The number of carboxylic acids is 1. The topological polar surface area (TPSA) is 121 Å². The number of nitrogens with two attached hydrogens (primary N) is 1. The highest BCUT2D eigenvalue weighted by molar-refractivity contribution is 7.88. The molecule has 2 atom stereocenters. The quantitative estimate of drug-likeness (QED) is 0.513. The fourth-order valence-corrected chi connectivity index (χ4v) is 6.85. The number of piperidine rings is 1. The first kappa shape index (κ1) is 29.4. The summed E-state index contributed by atoms with van der Waals surface area (Å²) in [7, 11) is -3.17. The van der Waals surface area contributed by atoms with Crippen LogP contribution < -0.4 is 5.73 Å². The van der Waals surface area contributed by atoms with Crippen molar-refractivity contribution < 1.29 is 36.3 Å². The second-order valence-electron chi connectivity index (χ2n) is 10.4. The molecule has 0 spiro atoms. The van der Waals surface area contributed by atoms with Gasteiger partial charge < -0.3 is 10.8 Å². The number of benzene rings is 1. The van der Waals surface area contributed by atoms with Crippen molar-refractivity contribution in [1.29, 1.82) is 0 Å². The Labute approximate surface area is 216 Å². The van der Waals surface area contributed by atoms with Crippen LogP contribution in [0.25, 0.3) is 0 Å². The molecular weight excluding hydrogens is 511 g/mol. The van der Waals surface area contributed by atoms with E-state index in [0.717, 1.165) is 32.2 Å². The first-order valence-electron chi connectivity index (χ1n) is 12.7. The molecule has 1 amide bonds. The molecular formula is C25H36F3N3O5S. The number of rotatable bonds is 8. The number of primary amides is 1. The highest BCUT2D eigenvalue weighted by Gasteiger charge is 2.41. The van der Waals surface area contributed by atoms with Gasteiger partial charge in [0, 0.05) is 37.3 Å². The smallest absolute Gasteiger partial charge is 0.475 e. The molecule has 3 fully saturated rings. The van der Waals surface area contributed by atoms with Crippen LogP contribution in [0.2, 0.25) is 0 Å². The summed E-state index contributed by atoms with van der Waals surface area (Å²) in [6.45, 7) is 2.11. The maximum Gasteiger partial charge on any atom is 0.490 e. The van der Waals surface area contributed by atoms with Gasteiger partial charge in [-0.2, -0.15) is 13.2 Å². The second-order valence-corrected chi connectivity index (χ2v) is 12.3. The molecule has 37 heavy (non-hydrogen) atoms. The molecule has 3 N–H and O–H groups in total. The van der Waals surface area contributed by atoms with E-state index >= 15 is 0 Å². The Morgan fingerprint density at radius 2 is 1.68 bits per heavy atom. The van der Waals surface area contributed by atoms with Gasteiger partial charge >= 0.3 is 12.1 Å².